The lowest BCUT2D eigenvalue weighted by molar-refractivity contribution is -0.137. The van der Waals surface area contributed by atoms with E-state index in [9.17, 15) is 9.59 Å². The van der Waals surface area contributed by atoms with Crippen LogP contribution in [0.2, 0.25) is 0 Å². The van der Waals surface area contributed by atoms with E-state index < -0.39 is 12.0 Å². The molecule has 19 heavy (non-hydrogen) atoms. The normalized spacial score (nSPS) is 21.2. The number of hydrogen-bond donors (Lipinski definition) is 2. The number of carboxylic acids is 1. The Bertz CT molecular complexity index is 307. The predicted molar refractivity (Wildman–Crippen MR) is 73.7 cm³/mol. The van der Waals surface area contributed by atoms with Crippen LogP contribution < -0.4 is 5.73 Å². The highest BCUT2D eigenvalue weighted by Crippen LogP contribution is 2.21. The number of piperidine rings is 1. The first-order valence-electron chi connectivity index (χ1n) is 7.30. The Morgan fingerprint density at radius 1 is 1.47 bits per heavy atom. The molecule has 1 unspecified atom stereocenters. The van der Waals surface area contributed by atoms with Crippen molar-refractivity contribution in [2.45, 2.75) is 57.9 Å². The number of nitrogens with two attached hydrogens (primary N) is 1. The molecule has 1 aliphatic heterocycles. The summed E-state index contributed by atoms with van der Waals surface area (Å²) in [6.07, 6.45) is 5.58. The van der Waals surface area contributed by atoms with Gasteiger partial charge in [0.25, 0.3) is 0 Å². The van der Waals surface area contributed by atoms with Crippen LogP contribution in [0.15, 0.2) is 0 Å². The van der Waals surface area contributed by atoms with Gasteiger partial charge in [-0.3, -0.25) is 9.59 Å². The molecule has 0 spiro atoms. The van der Waals surface area contributed by atoms with Crippen LogP contribution in [-0.4, -0.2) is 41.0 Å². The third kappa shape index (κ3) is 5.59. The van der Waals surface area contributed by atoms with Crippen LogP contribution in [0.4, 0.5) is 0 Å². The Morgan fingerprint density at radius 2 is 2.21 bits per heavy atom. The fourth-order valence-electron chi connectivity index (χ4n) is 2.61. The van der Waals surface area contributed by atoms with E-state index in [1.807, 2.05) is 4.90 Å². The molecule has 0 aromatic rings. The lowest BCUT2D eigenvalue weighted by Gasteiger charge is -2.34. The molecule has 0 aromatic carbocycles. The standard InChI is InChI=1S/C14H26N2O3/c1-2-3-6-12(15)14(19)16-9-4-5-11(10-16)7-8-13(17)18/h11-12H,2-10,15H2,1H3,(H,17,18)/t11?,12-/m0/s1. The molecule has 1 saturated heterocycles. The van der Waals surface area contributed by atoms with Gasteiger partial charge in [-0.25, -0.2) is 0 Å². The Labute approximate surface area is 115 Å². The van der Waals surface area contributed by atoms with E-state index in [1.165, 1.54) is 0 Å². The summed E-state index contributed by atoms with van der Waals surface area (Å²) in [7, 11) is 0. The van der Waals surface area contributed by atoms with Crippen molar-refractivity contribution in [3.63, 3.8) is 0 Å². The molecule has 0 radical (unpaired) electrons. The van der Waals surface area contributed by atoms with Crippen molar-refractivity contribution < 1.29 is 14.7 Å². The van der Waals surface area contributed by atoms with E-state index in [4.69, 9.17) is 10.8 Å². The molecule has 1 aliphatic rings. The zero-order valence-corrected chi connectivity index (χ0v) is 11.8. The Balaban J connectivity index is 2.40. The molecule has 1 amide bonds. The number of nitrogens with zero attached hydrogens (tertiary/aromatic N) is 1. The summed E-state index contributed by atoms with van der Waals surface area (Å²) in [6.45, 7) is 3.52. The van der Waals surface area contributed by atoms with Crippen LogP contribution in [0.25, 0.3) is 0 Å². The number of carbonyl (C=O) groups excluding carboxylic acids is 1. The molecule has 0 aromatic heterocycles. The lowest BCUT2D eigenvalue weighted by atomic mass is 9.93. The molecule has 3 N–H and O–H groups in total. The second kappa shape index (κ2) is 8.15. The molecule has 0 bridgehead atoms. The third-order valence-electron chi connectivity index (χ3n) is 3.78. The van der Waals surface area contributed by atoms with Gasteiger partial charge in [0.05, 0.1) is 6.04 Å². The molecule has 0 aliphatic carbocycles. The van der Waals surface area contributed by atoms with E-state index in [-0.39, 0.29) is 12.3 Å². The van der Waals surface area contributed by atoms with Crippen LogP contribution in [-0.2, 0) is 9.59 Å². The van der Waals surface area contributed by atoms with Gasteiger partial charge in [-0.15, -0.1) is 0 Å². The highest BCUT2D eigenvalue weighted by atomic mass is 16.4. The van der Waals surface area contributed by atoms with Crippen molar-refractivity contribution in [2.24, 2.45) is 11.7 Å². The fourth-order valence-corrected chi connectivity index (χ4v) is 2.61. The number of hydrogen-bond acceptors (Lipinski definition) is 3. The van der Waals surface area contributed by atoms with E-state index in [0.717, 1.165) is 38.6 Å². The first kappa shape index (κ1) is 16.0. The third-order valence-corrected chi connectivity index (χ3v) is 3.78. The summed E-state index contributed by atoms with van der Waals surface area (Å²) in [5, 5.41) is 8.70. The smallest absolute Gasteiger partial charge is 0.303 e. The maximum atomic E-state index is 12.2. The fraction of sp³-hybridized carbons (Fsp3) is 0.857. The summed E-state index contributed by atoms with van der Waals surface area (Å²) in [5.41, 5.74) is 5.92. The maximum Gasteiger partial charge on any atom is 0.303 e. The van der Waals surface area contributed by atoms with E-state index >= 15 is 0 Å². The molecule has 110 valence electrons. The number of aliphatic carboxylic acids is 1. The van der Waals surface area contributed by atoms with E-state index in [0.29, 0.717) is 18.9 Å². The topological polar surface area (TPSA) is 83.6 Å². The monoisotopic (exact) mass is 270 g/mol. The quantitative estimate of drug-likeness (QED) is 0.736. The molecule has 1 rings (SSSR count). The van der Waals surface area contributed by atoms with Gasteiger partial charge in [0.15, 0.2) is 0 Å². The summed E-state index contributed by atoms with van der Waals surface area (Å²) in [4.78, 5) is 24.6. The number of unbranched alkanes of at least 4 members (excludes halogenated alkanes) is 1. The van der Waals surface area contributed by atoms with Crippen molar-refractivity contribution >= 4 is 11.9 Å². The molecule has 5 heteroatoms. The van der Waals surface area contributed by atoms with Gasteiger partial charge in [-0.2, -0.15) is 0 Å². The number of likely N-dealkylation sites (tertiary alicyclic amines) is 1. The highest BCUT2D eigenvalue weighted by molar-refractivity contribution is 5.81. The minimum Gasteiger partial charge on any atom is -0.481 e. The first-order chi connectivity index (χ1) is 9.04. The number of amides is 1. The summed E-state index contributed by atoms with van der Waals surface area (Å²) < 4.78 is 0. The van der Waals surface area contributed by atoms with Gasteiger partial charge < -0.3 is 15.7 Å². The van der Waals surface area contributed by atoms with Crippen molar-refractivity contribution in [2.75, 3.05) is 13.1 Å². The molecule has 1 heterocycles. The van der Waals surface area contributed by atoms with Crippen LogP contribution in [0, 0.1) is 5.92 Å². The Morgan fingerprint density at radius 3 is 2.84 bits per heavy atom. The second-order valence-electron chi connectivity index (χ2n) is 5.47. The highest BCUT2D eigenvalue weighted by Gasteiger charge is 2.26. The molecule has 5 nitrogen and oxygen atoms in total. The van der Waals surface area contributed by atoms with Crippen LogP contribution >= 0.6 is 0 Å². The van der Waals surface area contributed by atoms with Gasteiger partial charge in [-0.1, -0.05) is 19.8 Å². The van der Waals surface area contributed by atoms with Gasteiger partial charge in [0, 0.05) is 19.5 Å². The van der Waals surface area contributed by atoms with Gasteiger partial charge in [0.2, 0.25) is 5.91 Å². The Hall–Kier alpha value is -1.10. The zero-order chi connectivity index (χ0) is 14.3. The SMILES string of the molecule is CCCC[C@H](N)C(=O)N1CCCC(CCC(=O)O)C1. The van der Waals surface area contributed by atoms with Crippen LogP contribution in [0.1, 0.15) is 51.9 Å². The minimum absolute atomic E-state index is 0.0356. The molecular weight excluding hydrogens is 244 g/mol. The summed E-state index contributed by atoms with van der Waals surface area (Å²) in [5.74, 6) is -0.413. The second-order valence-corrected chi connectivity index (χ2v) is 5.47. The zero-order valence-electron chi connectivity index (χ0n) is 11.8. The number of carboxylic acid groups (broad SMARTS) is 1. The largest absolute Gasteiger partial charge is 0.481 e. The van der Waals surface area contributed by atoms with Crippen LogP contribution in [0.5, 0.6) is 0 Å². The van der Waals surface area contributed by atoms with E-state index in [1.54, 1.807) is 0 Å². The average Bonchev–Trinajstić information content (AvgIpc) is 2.42. The predicted octanol–water partition coefficient (Wildman–Crippen LogP) is 1.61. The molecule has 1 fully saturated rings. The first-order valence-corrected chi connectivity index (χ1v) is 7.30. The summed E-state index contributed by atoms with van der Waals surface area (Å²) >= 11 is 0. The maximum absolute atomic E-state index is 12.2. The van der Waals surface area contributed by atoms with Crippen molar-refractivity contribution in [1.29, 1.82) is 0 Å². The minimum atomic E-state index is -0.761. The van der Waals surface area contributed by atoms with Gasteiger partial charge in [0.1, 0.15) is 0 Å². The van der Waals surface area contributed by atoms with Gasteiger partial charge in [-0.05, 0) is 31.6 Å². The number of carbonyl (C=O) groups is 2. The Kier molecular flexibility index (Phi) is 6.84. The van der Waals surface area contributed by atoms with Crippen molar-refractivity contribution in [3.05, 3.63) is 0 Å². The average molecular weight is 270 g/mol. The van der Waals surface area contributed by atoms with Gasteiger partial charge >= 0.3 is 5.97 Å². The molecular formula is C14H26N2O3. The molecule has 2 atom stereocenters. The summed E-state index contributed by atoms with van der Waals surface area (Å²) in [6, 6.07) is -0.391. The van der Waals surface area contributed by atoms with Crippen molar-refractivity contribution in [3.8, 4) is 0 Å². The van der Waals surface area contributed by atoms with E-state index in [2.05, 4.69) is 6.92 Å². The number of rotatable bonds is 7. The van der Waals surface area contributed by atoms with Crippen LogP contribution in [0.3, 0.4) is 0 Å². The molecule has 0 saturated carbocycles. The van der Waals surface area contributed by atoms with Crippen molar-refractivity contribution in [1.82, 2.24) is 4.90 Å². The lowest BCUT2D eigenvalue weighted by Crippen LogP contribution is -2.48.